The number of halogens is 1. The Morgan fingerprint density at radius 2 is 1.76 bits per heavy atom. The number of anilines is 3. The molecule has 1 heterocycles. The summed E-state index contributed by atoms with van der Waals surface area (Å²) in [6, 6.07) is 8.03. The van der Waals surface area contributed by atoms with E-state index >= 15 is 0 Å². The normalized spacial score (nSPS) is 11.3. The summed E-state index contributed by atoms with van der Waals surface area (Å²) in [4.78, 5) is 9.31. The predicted octanol–water partition coefficient (Wildman–Crippen LogP) is 4.63. The lowest BCUT2D eigenvalue weighted by Gasteiger charge is -2.21. The Balaban J connectivity index is 2.47. The fourth-order valence-electron chi connectivity index (χ4n) is 1.92. The van der Waals surface area contributed by atoms with Gasteiger partial charge in [0.15, 0.2) is 0 Å². The molecule has 5 heteroatoms. The molecule has 0 saturated heterocycles. The van der Waals surface area contributed by atoms with Crippen LogP contribution in [0.4, 0.5) is 17.3 Å². The zero-order valence-electron chi connectivity index (χ0n) is 13.1. The minimum absolute atomic E-state index is 0.104. The maximum atomic E-state index is 4.70. The Labute approximate surface area is 134 Å². The van der Waals surface area contributed by atoms with Crippen LogP contribution in [0.2, 0.25) is 0 Å². The zero-order chi connectivity index (χ0) is 15.6. The van der Waals surface area contributed by atoms with E-state index in [-0.39, 0.29) is 5.41 Å². The zero-order valence-corrected chi connectivity index (χ0v) is 14.7. The minimum Gasteiger partial charge on any atom is -0.373 e. The molecule has 0 aliphatic rings. The van der Waals surface area contributed by atoms with Gasteiger partial charge in [-0.3, -0.25) is 0 Å². The number of benzene rings is 1. The molecular weight excluding hydrogens is 328 g/mol. The van der Waals surface area contributed by atoms with Crippen LogP contribution in [0.25, 0.3) is 0 Å². The predicted molar refractivity (Wildman–Crippen MR) is 92.4 cm³/mol. The van der Waals surface area contributed by atoms with E-state index in [1.54, 1.807) is 0 Å². The fraction of sp³-hybridized carbons (Fsp3) is 0.375. The summed E-state index contributed by atoms with van der Waals surface area (Å²) >= 11 is 3.48. The molecule has 0 bridgehead atoms. The molecule has 4 nitrogen and oxygen atoms in total. The second kappa shape index (κ2) is 6.02. The molecule has 0 aliphatic heterocycles. The van der Waals surface area contributed by atoms with Crippen molar-refractivity contribution in [3.63, 3.8) is 0 Å². The number of rotatable bonds is 3. The number of nitrogens with zero attached hydrogens (tertiary/aromatic N) is 2. The molecule has 2 aromatic rings. The lowest BCUT2D eigenvalue weighted by Crippen LogP contribution is -2.18. The summed E-state index contributed by atoms with van der Waals surface area (Å²) in [5.41, 5.74) is 1.89. The molecule has 0 fully saturated rings. The fourth-order valence-corrected chi connectivity index (χ4v) is 2.32. The molecule has 2 N–H and O–H groups in total. The molecule has 0 saturated carbocycles. The van der Waals surface area contributed by atoms with Crippen LogP contribution in [0, 0.1) is 6.92 Å². The first-order chi connectivity index (χ1) is 9.81. The average molecular weight is 349 g/mol. The van der Waals surface area contributed by atoms with Crippen LogP contribution < -0.4 is 10.6 Å². The Morgan fingerprint density at radius 1 is 1.10 bits per heavy atom. The SMILES string of the molecule is CNc1nc(C(C)(C)C)nc(Nc2cccc(Br)c2)c1C. The van der Waals surface area contributed by atoms with Crippen molar-refractivity contribution in [2.24, 2.45) is 0 Å². The third kappa shape index (κ3) is 3.73. The molecule has 1 aromatic carbocycles. The largest absolute Gasteiger partial charge is 0.373 e. The topological polar surface area (TPSA) is 49.8 Å². The lowest BCUT2D eigenvalue weighted by atomic mass is 9.95. The highest BCUT2D eigenvalue weighted by molar-refractivity contribution is 9.10. The van der Waals surface area contributed by atoms with Gasteiger partial charge in [-0.25, -0.2) is 9.97 Å². The van der Waals surface area contributed by atoms with Crippen molar-refractivity contribution in [2.45, 2.75) is 33.1 Å². The molecule has 0 radical (unpaired) electrons. The van der Waals surface area contributed by atoms with E-state index in [0.717, 1.165) is 33.2 Å². The van der Waals surface area contributed by atoms with Gasteiger partial charge in [-0.05, 0) is 25.1 Å². The van der Waals surface area contributed by atoms with Crippen molar-refractivity contribution in [2.75, 3.05) is 17.7 Å². The maximum absolute atomic E-state index is 4.70. The van der Waals surface area contributed by atoms with E-state index in [1.165, 1.54) is 0 Å². The average Bonchev–Trinajstić information content (AvgIpc) is 2.40. The van der Waals surface area contributed by atoms with Crippen LogP contribution in [0.1, 0.15) is 32.2 Å². The van der Waals surface area contributed by atoms with Gasteiger partial charge in [0.25, 0.3) is 0 Å². The number of aromatic nitrogens is 2. The van der Waals surface area contributed by atoms with Gasteiger partial charge in [0, 0.05) is 28.2 Å². The quantitative estimate of drug-likeness (QED) is 0.848. The molecule has 0 spiro atoms. The first-order valence-corrected chi connectivity index (χ1v) is 7.70. The van der Waals surface area contributed by atoms with Crippen molar-refractivity contribution >= 4 is 33.3 Å². The van der Waals surface area contributed by atoms with Crippen molar-refractivity contribution in [3.05, 3.63) is 40.1 Å². The van der Waals surface area contributed by atoms with Gasteiger partial charge in [-0.15, -0.1) is 0 Å². The summed E-state index contributed by atoms with van der Waals surface area (Å²) in [6.07, 6.45) is 0. The standard InChI is InChI=1S/C16H21BrN4/c1-10-13(18-5)20-15(16(2,3)4)21-14(10)19-12-8-6-7-11(17)9-12/h6-9H,1-5H3,(H2,18,19,20,21). The van der Waals surface area contributed by atoms with E-state index in [9.17, 15) is 0 Å². The van der Waals surface area contributed by atoms with Crippen molar-refractivity contribution in [1.29, 1.82) is 0 Å². The Kier molecular flexibility index (Phi) is 4.52. The Morgan fingerprint density at radius 3 is 2.33 bits per heavy atom. The van der Waals surface area contributed by atoms with Crippen molar-refractivity contribution in [3.8, 4) is 0 Å². The third-order valence-electron chi connectivity index (χ3n) is 3.14. The summed E-state index contributed by atoms with van der Waals surface area (Å²) in [7, 11) is 1.88. The second-order valence-electron chi connectivity index (χ2n) is 6.00. The van der Waals surface area contributed by atoms with Crippen LogP contribution in [-0.4, -0.2) is 17.0 Å². The molecule has 0 aliphatic carbocycles. The highest BCUT2D eigenvalue weighted by Crippen LogP contribution is 2.28. The molecule has 0 atom stereocenters. The van der Waals surface area contributed by atoms with Crippen molar-refractivity contribution in [1.82, 2.24) is 9.97 Å². The van der Waals surface area contributed by atoms with Crippen LogP contribution in [0.3, 0.4) is 0 Å². The Bertz CT molecular complexity index is 647. The van der Waals surface area contributed by atoms with E-state index < -0.39 is 0 Å². The van der Waals surface area contributed by atoms with E-state index in [2.05, 4.69) is 52.3 Å². The van der Waals surface area contributed by atoms with Gasteiger partial charge in [0.1, 0.15) is 17.5 Å². The smallest absolute Gasteiger partial charge is 0.139 e. The molecular formula is C16H21BrN4. The summed E-state index contributed by atoms with van der Waals surface area (Å²) in [6.45, 7) is 8.35. The van der Waals surface area contributed by atoms with E-state index in [4.69, 9.17) is 4.98 Å². The van der Waals surface area contributed by atoms with Gasteiger partial charge in [-0.1, -0.05) is 42.8 Å². The molecule has 2 rings (SSSR count). The van der Waals surface area contributed by atoms with Crippen LogP contribution in [-0.2, 0) is 5.41 Å². The minimum atomic E-state index is -0.104. The van der Waals surface area contributed by atoms with Gasteiger partial charge >= 0.3 is 0 Å². The lowest BCUT2D eigenvalue weighted by molar-refractivity contribution is 0.546. The third-order valence-corrected chi connectivity index (χ3v) is 3.63. The molecule has 112 valence electrons. The maximum Gasteiger partial charge on any atom is 0.139 e. The number of nitrogens with one attached hydrogen (secondary N) is 2. The summed E-state index contributed by atoms with van der Waals surface area (Å²) in [5.74, 6) is 2.50. The highest BCUT2D eigenvalue weighted by atomic mass is 79.9. The molecule has 0 unspecified atom stereocenters. The molecule has 0 amide bonds. The van der Waals surface area contributed by atoms with E-state index in [0.29, 0.717) is 0 Å². The molecule has 21 heavy (non-hydrogen) atoms. The van der Waals surface area contributed by atoms with Gasteiger partial charge in [-0.2, -0.15) is 0 Å². The monoisotopic (exact) mass is 348 g/mol. The van der Waals surface area contributed by atoms with E-state index in [1.807, 2.05) is 38.2 Å². The number of hydrogen-bond acceptors (Lipinski definition) is 4. The van der Waals surface area contributed by atoms with Gasteiger partial charge in [0.2, 0.25) is 0 Å². The number of hydrogen-bond donors (Lipinski definition) is 2. The van der Waals surface area contributed by atoms with Crippen LogP contribution in [0.15, 0.2) is 28.7 Å². The van der Waals surface area contributed by atoms with Gasteiger partial charge < -0.3 is 10.6 Å². The molecule has 1 aromatic heterocycles. The summed E-state index contributed by atoms with van der Waals surface area (Å²) in [5, 5.41) is 6.52. The van der Waals surface area contributed by atoms with Crippen molar-refractivity contribution < 1.29 is 0 Å². The van der Waals surface area contributed by atoms with Crippen LogP contribution >= 0.6 is 15.9 Å². The second-order valence-corrected chi connectivity index (χ2v) is 6.92. The van der Waals surface area contributed by atoms with Gasteiger partial charge in [0.05, 0.1) is 0 Å². The van der Waals surface area contributed by atoms with Crippen LogP contribution in [0.5, 0.6) is 0 Å². The highest BCUT2D eigenvalue weighted by Gasteiger charge is 2.21. The first-order valence-electron chi connectivity index (χ1n) is 6.90. The summed E-state index contributed by atoms with van der Waals surface area (Å²) < 4.78 is 1.03. The Hall–Kier alpha value is -1.62. The first kappa shape index (κ1) is 15.8.